The number of rotatable bonds is 6. The zero-order valence-corrected chi connectivity index (χ0v) is 10.7. The van der Waals surface area contributed by atoms with E-state index < -0.39 is 30.4 Å². The molecule has 20 heavy (non-hydrogen) atoms. The molecule has 0 aromatic heterocycles. The highest BCUT2D eigenvalue weighted by molar-refractivity contribution is 5.71. The molecule has 1 aromatic carbocycles. The highest BCUT2D eigenvalue weighted by Gasteiger charge is 2.44. The quantitative estimate of drug-likeness (QED) is 0.793. The van der Waals surface area contributed by atoms with E-state index in [4.69, 9.17) is 5.11 Å². The molecule has 0 fully saturated rings. The first-order chi connectivity index (χ1) is 9.20. The van der Waals surface area contributed by atoms with Gasteiger partial charge in [-0.3, -0.25) is 4.79 Å². The van der Waals surface area contributed by atoms with Crippen LogP contribution in [0, 0.1) is 11.7 Å². The number of aliphatic carboxylic acids is 1. The fraction of sp³-hybridized carbons (Fsp3) is 0.462. The molecule has 0 heterocycles. The van der Waals surface area contributed by atoms with Gasteiger partial charge in [-0.05, 0) is 31.0 Å². The molecule has 2 unspecified atom stereocenters. The summed E-state index contributed by atoms with van der Waals surface area (Å²) in [6, 6.07) is 5.23. The maximum absolute atomic E-state index is 12.7. The van der Waals surface area contributed by atoms with E-state index in [2.05, 4.69) is 5.32 Å². The molecule has 2 N–H and O–H groups in total. The van der Waals surface area contributed by atoms with Gasteiger partial charge in [0.1, 0.15) is 5.82 Å². The third-order valence-corrected chi connectivity index (χ3v) is 2.82. The summed E-state index contributed by atoms with van der Waals surface area (Å²) >= 11 is 0. The predicted octanol–water partition coefficient (Wildman–Crippen LogP) is 2.61. The number of benzene rings is 1. The van der Waals surface area contributed by atoms with Gasteiger partial charge in [-0.15, -0.1) is 0 Å². The van der Waals surface area contributed by atoms with Gasteiger partial charge < -0.3 is 10.4 Å². The van der Waals surface area contributed by atoms with Crippen molar-refractivity contribution in [1.82, 2.24) is 5.32 Å². The minimum Gasteiger partial charge on any atom is -0.481 e. The minimum atomic E-state index is -4.78. The van der Waals surface area contributed by atoms with Gasteiger partial charge >= 0.3 is 12.1 Å². The first kappa shape index (κ1) is 16.4. The lowest BCUT2D eigenvalue weighted by atomic mass is 10.1. The highest BCUT2D eigenvalue weighted by Crippen LogP contribution is 2.26. The van der Waals surface area contributed by atoms with E-state index in [0.717, 1.165) is 5.56 Å². The maximum Gasteiger partial charge on any atom is 0.403 e. The standard InChI is InChI=1S/C13H15F4NO2/c1-8(6-9-2-4-10(14)5-3-9)18-7-11(12(19)20)13(15,16)17/h2-5,8,11,18H,6-7H2,1H3,(H,19,20). The van der Waals surface area contributed by atoms with Crippen molar-refractivity contribution in [3.05, 3.63) is 35.6 Å². The largest absolute Gasteiger partial charge is 0.481 e. The highest BCUT2D eigenvalue weighted by atomic mass is 19.4. The van der Waals surface area contributed by atoms with Gasteiger partial charge in [0, 0.05) is 12.6 Å². The molecule has 112 valence electrons. The van der Waals surface area contributed by atoms with Gasteiger partial charge in [-0.1, -0.05) is 12.1 Å². The number of alkyl halides is 3. The second-order valence-electron chi connectivity index (χ2n) is 4.57. The molecule has 7 heteroatoms. The molecule has 0 aliphatic rings. The van der Waals surface area contributed by atoms with E-state index in [1.165, 1.54) is 24.3 Å². The number of hydrogen-bond donors (Lipinski definition) is 2. The van der Waals surface area contributed by atoms with E-state index in [9.17, 15) is 22.4 Å². The van der Waals surface area contributed by atoms with Crippen LogP contribution < -0.4 is 5.32 Å². The Kier molecular flexibility index (Phi) is 5.50. The van der Waals surface area contributed by atoms with Gasteiger partial charge in [0.05, 0.1) is 0 Å². The van der Waals surface area contributed by atoms with Crippen LogP contribution in [0.15, 0.2) is 24.3 Å². The summed E-state index contributed by atoms with van der Waals surface area (Å²) in [5.74, 6) is -4.73. The summed E-state index contributed by atoms with van der Waals surface area (Å²) in [6.45, 7) is 0.944. The van der Waals surface area contributed by atoms with Crippen LogP contribution in [0.2, 0.25) is 0 Å². The number of hydrogen-bond acceptors (Lipinski definition) is 2. The molecule has 0 saturated heterocycles. The van der Waals surface area contributed by atoms with E-state index in [0.29, 0.717) is 6.42 Å². The van der Waals surface area contributed by atoms with Crippen LogP contribution in [0.25, 0.3) is 0 Å². The number of carbonyl (C=O) groups is 1. The third-order valence-electron chi connectivity index (χ3n) is 2.82. The summed E-state index contributed by atoms with van der Waals surface area (Å²) < 4.78 is 50.0. The Hall–Kier alpha value is -1.63. The topological polar surface area (TPSA) is 49.3 Å². The average molecular weight is 293 g/mol. The van der Waals surface area contributed by atoms with E-state index >= 15 is 0 Å². The monoisotopic (exact) mass is 293 g/mol. The fourth-order valence-corrected chi connectivity index (χ4v) is 1.71. The summed E-state index contributed by atoms with van der Waals surface area (Å²) in [7, 11) is 0. The maximum atomic E-state index is 12.7. The van der Waals surface area contributed by atoms with Gasteiger partial charge in [0.15, 0.2) is 5.92 Å². The first-order valence-electron chi connectivity index (χ1n) is 5.97. The molecule has 1 rings (SSSR count). The summed E-state index contributed by atoms with van der Waals surface area (Å²) in [5, 5.41) is 11.1. The second kappa shape index (κ2) is 6.69. The van der Waals surface area contributed by atoms with Crippen molar-refractivity contribution >= 4 is 5.97 Å². The molecule has 1 aromatic rings. The zero-order chi connectivity index (χ0) is 15.3. The Labute approximate surface area is 113 Å². The summed E-state index contributed by atoms with van der Waals surface area (Å²) in [5.41, 5.74) is 0.755. The van der Waals surface area contributed by atoms with Gasteiger partial charge in [-0.25, -0.2) is 4.39 Å². The van der Waals surface area contributed by atoms with Crippen molar-refractivity contribution in [1.29, 1.82) is 0 Å². The fourth-order valence-electron chi connectivity index (χ4n) is 1.71. The third kappa shape index (κ3) is 5.16. The van der Waals surface area contributed by atoms with Crippen LogP contribution >= 0.6 is 0 Å². The Morgan fingerprint density at radius 1 is 1.30 bits per heavy atom. The number of halogens is 4. The SMILES string of the molecule is CC(Cc1ccc(F)cc1)NCC(C(=O)O)C(F)(F)F. The lowest BCUT2D eigenvalue weighted by molar-refractivity contribution is -0.192. The molecule has 0 saturated carbocycles. The van der Waals surface area contributed by atoms with Crippen LogP contribution in [0.5, 0.6) is 0 Å². The van der Waals surface area contributed by atoms with Crippen LogP contribution in [0.1, 0.15) is 12.5 Å². The molecular formula is C13H15F4NO2. The average Bonchev–Trinajstić information content (AvgIpc) is 2.30. The van der Waals surface area contributed by atoms with Gasteiger partial charge in [0.25, 0.3) is 0 Å². The number of carboxylic acid groups (broad SMARTS) is 1. The molecular weight excluding hydrogens is 278 g/mol. The van der Waals surface area contributed by atoms with Crippen molar-refractivity contribution in [2.24, 2.45) is 5.92 Å². The van der Waals surface area contributed by atoms with Gasteiger partial charge in [-0.2, -0.15) is 13.2 Å². The normalized spacial score (nSPS) is 14.8. The van der Waals surface area contributed by atoms with Crippen LogP contribution in [0.4, 0.5) is 17.6 Å². The molecule has 3 nitrogen and oxygen atoms in total. The molecule has 2 atom stereocenters. The molecule has 0 bridgehead atoms. The molecule has 0 spiro atoms. The summed E-state index contributed by atoms with van der Waals surface area (Å²) in [6.07, 6.45) is -4.40. The number of nitrogens with one attached hydrogen (secondary N) is 1. The Morgan fingerprint density at radius 2 is 1.85 bits per heavy atom. The lowest BCUT2D eigenvalue weighted by Crippen LogP contribution is -2.42. The summed E-state index contributed by atoms with van der Waals surface area (Å²) in [4.78, 5) is 10.6. The zero-order valence-electron chi connectivity index (χ0n) is 10.7. The minimum absolute atomic E-state index is 0.357. The molecule has 0 aliphatic carbocycles. The van der Waals surface area contributed by atoms with Crippen LogP contribution in [-0.4, -0.2) is 29.8 Å². The van der Waals surface area contributed by atoms with E-state index in [1.54, 1.807) is 6.92 Å². The molecule has 0 amide bonds. The van der Waals surface area contributed by atoms with Crippen molar-refractivity contribution < 1.29 is 27.5 Å². The Balaban J connectivity index is 2.52. The van der Waals surface area contributed by atoms with E-state index in [1.807, 2.05) is 0 Å². The van der Waals surface area contributed by atoms with Crippen molar-refractivity contribution in [2.45, 2.75) is 25.6 Å². The Bertz CT molecular complexity index is 445. The number of carboxylic acids is 1. The smallest absolute Gasteiger partial charge is 0.403 e. The van der Waals surface area contributed by atoms with Crippen LogP contribution in [0.3, 0.4) is 0 Å². The second-order valence-corrected chi connectivity index (χ2v) is 4.57. The molecule has 0 radical (unpaired) electrons. The first-order valence-corrected chi connectivity index (χ1v) is 5.97. The van der Waals surface area contributed by atoms with Crippen molar-refractivity contribution in [2.75, 3.05) is 6.54 Å². The van der Waals surface area contributed by atoms with Crippen LogP contribution in [-0.2, 0) is 11.2 Å². The van der Waals surface area contributed by atoms with Crippen molar-refractivity contribution in [3.8, 4) is 0 Å². The van der Waals surface area contributed by atoms with E-state index in [-0.39, 0.29) is 6.04 Å². The molecule has 0 aliphatic heterocycles. The van der Waals surface area contributed by atoms with Crippen molar-refractivity contribution in [3.63, 3.8) is 0 Å². The lowest BCUT2D eigenvalue weighted by Gasteiger charge is -2.20. The van der Waals surface area contributed by atoms with Gasteiger partial charge in [0.2, 0.25) is 0 Å². The predicted molar refractivity (Wildman–Crippen MR) is 64.7 cm³/mol. The Morgan fingerprint density at radius 3 is 2.30 bits per heavy atom.